The van der Waals surface area contributed by atoms with Crippen LogP contribution in [0.3, 0.4) is 0 Å². The lowest BCUT2D eigenvalue weighted by Gasteiger charge is -2.15. The minimum Gasteiger partial charge on any atom is -0.459 e. The third-order valence-electron chi connectivity index (χ3n) is 0.805. The maximum atomic E-state index is 10.2. The first-order valence-electron chi connectivity index (χ1n) is 2.27. The minimum atomic E-state index is -1.36. The first kappa shape index (κ1) is 5.53. The van der Waals surface area contributed by atoms with E-state index >= 15 is 0 Å². The molecule has 8 heavy (non-hydrogen) atoms. The Morgan fingerprint density at radius 2 is 2.38 bits per heavy atom. The fourth-order valence-corrected chi connectivity index (χ4v) is 0.441. The highest BCUT2D eigenvalue weighted by Crippen LogP contribution is 1.97. The van der Waals surface area contributed by atoms with Crippen molar-refractivity contribution < 1.29 is 19.4 Å². The monoisotopic (exact) mass is 118 g/mol. The molecular formula is C4H6O4. The SMILES string of the molecule is O=C1OCCOC1O. The number of rotatable bonds is 0. The maximum Gasteiger partial charge on any atom is 0.363 e. The molecule has 0 aromatic heterocycles. The number of hydrogen-bond donors (Lipinski definition) is 1. The molecule has 0 aliphatic carbocycles. The van der Waals surface area contributed by atoms with Gasteiger partial charge in [-0.05, 0) is 0 Å². The van der Waals surface area contributed by atoms with Gasteiger partial charge in [-0.2, -0.15) is 0 Å². The molecule has 1 saturated heterocycles. The first-order chi connectivity index (χ1) is 3.80. The van der Waals surface area contributed by atoms with Crippen LogP contribution in [0, 0.1) is 0 Å². The topological polar surface area (TPSA) is 55.8 Å². The summed E-state index contributed by atoms with van der Waals surface area (Å²) in [4.78, 5) is 10.2. The summed E-state index contributed by atoms with van der Waals surface area (Å²) in [5.74, 6) is -0.698. The van der Waals surface area contributed by atoms with Crippen LogP contribution in [0.4, 0.5) is 0 Å². The Morgan fingerprint density at radius 3 is 2.75 bits per heavy atom. The maximum absolute atomic E-state index is 10.2. The van der Waals surface area contributed by atoms with Crippen molar-refractivity contribution in [1.82, 2.24) is 0 Å². The van der Waals surface area contributed by atoms with E-state index in [9.17, 15) is 4.79 Å². The van der Waals surface area contributed by atoms with Crippen molar-refractivity contribution in [2.75, 3.05) is 13.2 Å². The second-order valence-corrected chi connectivity index (χ2v) is 1.39. The van der Waals surface area contributed by atoms with Crippen LogP contribution in [0.25, 0.3) is 0 Å². The van der Waals surface area contributed by atoms with E-state index < -0.39 is 12.3 Å². The lowest BCUT2D eigenvalue weighted by Crippen LogP contribution is -2.33. The van der Waals surface area contributed by atoms with Crippen LogP contribution in [0.5, 0.6) is 0 Å². The lowest BCUT2D eigenvalue weighted by molar-refractivity contribution is -0.202. The van der Waals surface area contributed by atoms with Crippen LogP contribution in [-0.2, 0) is 14.3 Å². The molecule has 0 amide bonds. The molecule has 4 heteroatoms. The number of carbonyl (C=O) groups excluding carboxylic acids is 1. The van der Waals surface area contributed by atoms with Gasteiger partial charge in [0.2, 0.25) is 0 Å². The van der Waals surface area contributed by atoms with Gasteiger partial charge in [-0.1, -0.05) is 0 Å². The van der Waals surface area contributed by atoms with E-state index in [2.05, 4.69) is 9.47 Å². The van der Waals surface area contributed by atoms with Gasteiger partial charge in [-0.3, -0.25) is 0 Å². The van der Waals surface area contributed by atoms with Gasteiger partial charge >= 0.3 is 5.97 Å². The second kappa shape index (κ2) is 2.11. The molecule has 1 rings (SSSR count). The Kier molecular flexibility index (Phi) is 1.45. The average molecular weight is 118 g/mol. The number of esters is 1. The number of carbonyl (C=O) groups is 1. The molecule has 0 radical (unpaired) electrons. The highest BCUT2D eigenvalue weighted by atomic mass is 16.7. The standard InChI is InChI=1S/C4H6O4/c5-3-4(6)8-2-1-7-3/h3,5H,1-2H2. The average Bonchev–Trinajstić information content (AvgIpc) is 1.77. The fraction of sp³-hybridized carbons (Fsp3) is 0.750. The van der Waals surface area contributed by atoms with Crippen LogP contribution in [-0.4, -0.2) is 30.6 Å². The van der Waals surface area contributed by atoms with Gasteiger partial charge in [0.15, 0.2) is 0 Å². The van der Waals surface area contributed by atoms with Crippen molar-refractivity contribution in [2.24, 2.45) is 0 Å². The van der Waals surface area contributed by atoms with Crippen LogP contribution < -0.4 is 0 Å². The molecule has 0 aromatic rings. The normalized spacial score (nSPS) is 29.6. The molecule has 0 spiro atoms. The van der Waals surface area contributed by atoms with Crippen LogP contribution >= 0.6 is 0 Å². The predicted molar refractivity (Wildman–Crippen MR) is 22.9 cm³/mol. The number of ether oxygens (including phenoxy) is 2. The summed E-state index contributed by atoms with van der Waals surface area (Å²) >= 11 is 0. The zero-order chi connectivity index (χ0) is 5.98. The summed E-state index contributed by atoms with van der Waals surface area (Å²) in [6.45, 7) is 0.531. The Morgan fingerprint density at radius 1 is 1.62 bits per heavy atom. The van der Waals surface area contributed by atoms with Crippen molar-refractivity contribution in [3.05, 3.63) is 0 Å². The van der Waals surface area contributed by atoms with Gasteiger partial charge < -0.3 is 14.6 Å². The van der Waals surface area contributed by atoms with E-state index in [1.165, 1.54) is 0 Å². The molecule has 46 valence electrons. The van der Waals surface area contributed by atoms with Gasteiger partial charge in [-0.15, -0.1) is 0 Å². The predicted octanol–water partition coefficient (Wildman–Crippen LogP) is -1.12. The van der Waals surface area contributed by atoms with Gasteiger partial charge in [0, 0.05) is 0 Å². The summed E-state index contributed by atoms with van der Waals surface area (Å²) < 4.78 is 8.85. The van der Waals surface area contributed by atoms with E-state index in [4.69, 9.17) is 5.11 Å². The molecule has 1 atom stereocenters. The molecule has 1 unspecified atom stereocenters. The highest BCUT2D eigenvalue weighted by molar-refractivity contribution is 5.73. The van der Waals surface area contributed by atoms with Crippen LogP contribution in [0.1, 0.15) is 0 Å². The third-order valence-corrected chi connectivity index (χ3v) is 0.805. The fourth-order valence-electron chi connectivity index (χ4n) is 0.441. The van der Waals surface area contributed by atoms with Crippen molar-refractivity contribution in [2.45, 2.75) is 6.29 Å². The van der Waals surface area contributed by atoms with E-state index in [1.54, 1.807) is 0 Å². The summed E-state index contributed by atoms with van der Waals surface area (Å²) in [6.07, 6.45) is -1.36. The number of aliphatic hydroxyl groups excluding tert-OH is 1. The molecular weight excluding hydrogens is 112 g/mol. The molecule has 4 nitrogen and oxygen atoms in total. The molecule has 1 heterocycles. The van der Waals surface area contributed by atoms with E-state index in [0.717, 1.165) is 0 Å². The Labute approximate surface area is 46.0 Å². The van der Waals surface area contributed by atoms with Crippen molar-refractivity contribution >= 4 is 5.97 Å². The van der Waals surface area contributed by atoms with E-state index in [-0.39, 0.29) is 13.2 Å². The highest BCUT2D eigenvalue weighted by Gasteiger charge is 2.20. The first-order valence-corrected chi connectivity index (χ1v) is 2.27. The van der Waals surface area contributed by atoms with Crippen molar-refractivity contribution in [3.63, 3.8) is 0 Å². The zero-order valence-electron chi connectivity index (χ0n) is 4.16. The summed E-state index contributed by atoms with van der Waals surface area (Å²) in [6, 6.07) is 0. The molecule has 0 aromatic carbocycles. The van der Waals surface area contributed by atoms with Crippen molar-refractivity contribution in [1.29, 1.82) is 0 Å². The number of cyclic esters (lactones) is 1. The molecule has 0 bridgehead atoms. The Balaban J connectivity index is 2.39. The van der Waals surface area contributed by atoms with Gasteiger partial charge in [0.05, 0.1) is 6.61 Å². The van der Waals surface area contributed by atoms with Gasteiger partial charge in [-0.25, -0.2) is 4.79 Å². The summed E-state index contributed by atoms with van der Waals surface area (Å²) in [7, 11) is 0. The zero-order valence-corrected chi connectivity index (χ0v) is 4.16. The third kappa shape index (κ3) is 0.962. The minimum absolute atomic E-state index is 0.246. The van der Waals surface area contributed by atoms with E-state index in [0.29, 0.717) is 0 Å². The van der Waals surface area contributed by atoms with Gasteiger partial charge in [0.25, 0.3) is 6.29 Å². The van der Waals surface area contributed by atoms with Crippen LogP contribution in [0.15, 0.2) is 0 Å². The Bertz CT molecular complexity index is 100. The Hall–Kier alpha value is -0.610. The summed E-state index contributed by atoms with van der Waals surface area (Å²) in [5.41, 5.74) is 0. The molecule has 0 saturated carbocycles. The number of hydrogen-bond acceptors (Lipinski definition) is 4. The van der Waals surface area contributed by atoms with Gasteiger partial charge in [0.1, 0.15) is 6.61 Å². The van der Waals surface area contributed by atoms with Crippen molar-refractivity contribution in [3.8, 4) is 0 Å². The largest absolute Gasteiger partial charge is 0.459 e. The van der Waals surface area contributed by atoms with E-state index in [1.807, 2.05) is 0 Å². The molecule has 1 aliphatic heterocycles. The molecule has 1 N–H and O–H groups in total. The quantitative estimate of drug-likeness (QED) is 0.409. The summed E-state index contributed by atoms with van der Waals surface area (Å²) in [5, 5.41) is 8.48. The van der Waals surface area contributed by atoms with Crippen LogP contribution in [0.2, 0.25) is 0 Å². The number of aliphatic hydroxyl groups is 1. The molecule has 1 aliphatic rings. The lowest BCUT2D eigenvalue weighted by atomic mass is 10.6. The smallest absolute Gasteiger partial charge is 0.363 e. The molecule has 1 fully saturated rings. The second-order valence-electron chi connectivity index (χ2n) is 1.39.